The van der Waals surface area contributed by atoms with Gasteiger partial charge in [0.15, 0.2) is 11.5 Å². The number of methoxy groups -OCH3 is 1. The van der Waals surface area contributed by atoms with Crippen LogP contribution in [0.15, 0.2) is 41.3 Å². The highest BCUT2D eigenvalue weighted by Crippen LogP contribution is 2.33. The third kappa shape index (κ3) is 4.39. The molecule has 0 bridgehead atoms. The summed E-state index contributed by atoms with van der Waals surface area (Å²) in [5.41, 5.74) is 0.745. The third-order valence-electron chi connectivity index (χ3n) is 3.52. The second kappa shape index (κ2) is 8.27. The van der Waals surface area contributed by atoms with E-state index in [0.717, 1.165) is 5.56 Å². The van der Waals surface area contributed by atoms with Crippen LogP contribution in [-0.4, -0.2) is 33.5 Å². The van der Waals surface area contributed by atoms with Crippen molar-refractivity contribution in [3.05, 3.63) is 52.0 Å². The van der Waals surface area contributed by atoms with Gasteiger partial charge in [-0.1, -0.05) is 35.3 Å². The normalized spacial score (nSPS) is 11.6. The lowest BCUT2D eigenvalue weighted by Crippen LogP contribution is -2.27. The van der Waals surface area contributed by atoms with Crippen molar-refractivity contribution in [3.63, 3.8) is 0 Å². The molecule has 8 heteroatoms. The first-order valence-corrected chi connectivity index (χ1v) is 9.71. The van der Waals surface area contributed by atoms with Gasteiger partial charge in [-0.05, 0) is 36.8 Å². The summed E-state index contributed by atoms with van der Waals surface area (Å²) in [6, 6.07) is 9.86. The Morgan fingerprint density at radius 3 is 2.28 bits per heavy atom. The van der Waals surface area contributed by atoms with Gasteiger partial charge >= 0.3 is 0 Å². The quantitative estimate of drug-likeness (QED) is 0.694. The van der Waals surface area contributed by atoms with Crippen molar-refractivity contribution in [1.82, 2.24) is 4.31 Å². The lowest BCUT2D eigenvalue weighted by molar-refractivity contribution is 0.310. The van der Waals surface area contributed by atoms with Crippen molar-refractivity contribution in [2.24, 2.45) is 0 Å². The number of nitrogens with zero attached hydrogens (tertiary/aromatic N) is 1. The Hall–Kier alpha value is -1.47. The van der Waals surface area contributed by atoms with Crippen LogP contribution in [0, 0.1) is 0 Å². The molecule has 0 aliphatic heterocycles. The standard InChI is InChI=1S/C17H19Cl2NO4S/c1-4-24-15-9-8-12(10-16(15)23-3)11-20(2)25(21,22)17-13(18)6-5-7-14(17)19/h5-10H,4,11H2,1-3H3. The van der Waals surface area contributed by atoms with Crippen molar-refractivity contribution >= 4 is 33.2 Å². The van der Waals surface area contributed by atoms with Gasteiger partial charge in [-0.25, -0.2) is 8.42 Å². The summed E-state index contributed by atoms with van der Waals surface area (Å²) in [6.45, 7) is 2.52. The van der Waals surface area contributed by atoms with Crippen LogP contribution < -0.4 is 9.47 Å². The van der Waals surface area contributed by atoms with Gasteiger partial charge in [-0.3, -0.25) is 0 Å². The molecule has 0 unspecified atom stereocenters. The van der Waals surface area contributed by atoms with Crippen LogP contribution in [0.3, 0.4) is 0 Å². The highest BCUT2D eigenvalue weighted by atomic mass is 35.5. The molecule has 0 heterocycles. The summed E-state index contributed by atoms with van der Waals surface area (Å²) in [4.78, 5) is -0.0984. The van der Waals surface area contributed by atoms with Crippen LogP contribution in [0.4, 0.5) is 0 Å². The van der Waals surface area contributed by atoms with E-state index in [2.05, 4.69) is 0 Å². The van der Waals surface area contributed by atoms with E-state index in [1.807, 2.05) is 6.92 Å². The Morgan fingerprint density at radius 2 is 1.72 bits per heavy atom. The summed E-state index contributed by atoms with van der Waals surface area (Å²) in [5, 5.41) is 0.173. The summed E-state index contributed by atoms with van der Waals surface area (Å²) in [6.07, 6.45) is 0. The van der Waals surface area contributed by atoms with Gasteiger partial charge in [0.2, 0.25) is 10.0 Å². The monoisotopic (exact) mass is 403 g/mol. The molecule has 136 valence electrons. The van der Waals surface area contributed by atoms with Gasteiger partial charge < -0.3 is 9.47 Å². The molecule has 0 spiro atoms. The fourth-order valence-electron chi connectivity index (χ4n) is 2.31. The minimum Gasteiger partial charge on any atom is -0.493 e. The number of halogens is 2. The number of hydrogen-bond acceptors (Lipinski definition) is 4. The Balaban J connectivity index is 2.31. The molecule has 2 rings (SSSR count). The summed E-state index contributed by atoms with van der Waals surface area (Å²) in [7, 11) is -0.838. The number of ether oxygens (including phenoxy) is 2. The molecule has 0 fully saturated rings. The maximum Gasteiger partial charge on any atom is 0.246 e. The molecule has 0 aliphatic carbocycles. The maximum atomic E-state index is 12.8. The average Bonchev–Trinajstić information content (AvgIpc) is 2.56. The van der Waals surface area contributed by atoms with E-state index in [1.54, 1.807) is 24.3 Å². The van der Waals surface area contributed by atoms with Crippen LogP contribution in [0.25, 0.3) is 0 Å². The van der Waals surface area contributed by atoms with Crippen LogP contribution in [0.1, 0.15) is 12.5 Å². The molecule has 25 heavy (non-hydrogen) atoms. The zero-order chi connectivity index (χ0) is 18.6. The molecule has 0 atom stereocenters. The number of benzene rings is 2. The van der Waals surface area contributed by atoms with Gasteiger partial charge in [0.05, 0.1) is 23.8 Å². The summed E-state index contributed by atoms with van der Waals surface area (Å²) >= 11 is 12.1. The molecule has 2 aromatic rings. The predicted molar refractivity (Wildman–Crippen MR) is 99.3 cm³/mol. The fourth-order valence-corrected chi connectivity index (χ4v) is 4.55. The summed E-state index contributed by atoms with van der Waals surface area (Å²) in [5.74, 6) is 1.15. The minimum atomic E-state index is -3.84. The van der Waals surface area contributed by atoms with Gasteiger partial charge in [0, 0.05) is 13.6 Å². The fraction of sp³-hybridized carbons (Fsp3) is 0.294. The maximum absolute atomic E-state index is 12.8. The van der Waals surface area contributed by atoms with Crippen LogP contribution in [-0.2, 0) is 16.6 Å². The van der Waals surface area contributed by atoms with E-state index in [9.17, 15) is 8.42 Å². The van der Waals surface area contributed by atoms with Crippen molar-refractivity contribution in [1.29, 1.82) is 0 Å². The predicted octanol–water partition coefficient (Wildman–Crippen LogP) is 4.22. The molecule has 0 aliphatic rings. The largest absolute Gasteiger partial charge is 0.493 e. The zero-order valence-electron chi connectivity index (χ0n) is 14.1. The first-order chi connectivity index (χ1) is 11.8. The Morgan fingerprint density at radius 1 is 1.08 bits per heavy atom. The molecule has 5 nitrogen and oxygen atoms in total. The number of sulfonamides is 1. The number of hydrogen-bond donors (Lipinski definition) is 0. The highest BCUT2D eigenvalue weighted by Gasteiger charge is 2.26. The molecule has 0 amide bonds. The topological polar surface area (TPSA) is 55.8 Å². The molecular formula is C17H19Cl2NO4S. The second-order valence-corrected chi connectivity index (χ2v) is 8.03. The molecule has 0 radical (unpaired) electrons. The lowest BCUT2D eigenvalue weighted by atomic mass is 10.2. The molecule has 0 aromatic heterocycles. The first-order valence-electron chi connectivity index (χ1n) is 7.51. The van der Waals surface area contributed by atoms with E-state index in [-0.39, 0.29) is 21.5 Å². The lowest BCUT2D eigenvalue weighted by Gasteiger charge is -2.19. The van der Waals surface area contributed by atoms with E-state index in [0.29, 0.717) is 18.1 Å². The first kappa shape index (κ1) is 19.8. The van der Waals surface area contributed by atoms with E-state index >= 15 is 0 Å². The molecule has 0 saturated carbocycles. The van der Waals surface area contributed by atoms with Crippen molar-refractivity contribution in [2.75, 3.05) is 20.8 Å². The Bertz CT molecular complexity index is 835. The van der Waals surface area contributed by atoms with Gasteiger partial charge in [0.1, 0.15) is 4.90 Å². The molecule has 0 N–H and O–H groups in total. The molecule has 0 saturated heterocycles. The summed E-state index contributed by atoms with van der Waals surface area (Å²) < 4.78 is 37.6. The van der Waals surface area contributed by atoms with E-state index < -0.39 is 10.0 Å². The molecule has 2 aromatic carbocycles. The second-order valence-electron chi connectivity index (χ2n) is 5.23. The van der Waals surface area contributed by atoms with Gasteiger partial charge in [0.25, 0.3) is 0 Å². The number of rotatable bonds is 7. The zero-order valence-corrected chi connectivity index (χ0v) is 16.5. The smallest absolute Gasteiger partial charge is 0.246 e. The Kier molecular flexibility index (Phi) is 6.57. The molecular weight excluding hydrogens is 385 g/mol. The van der Waals surface area contributed by atoms with E-state index in [1.165, 1.54) is 30.6 Å². The average molecular weight is 404 g/mol. The van der Waals surface area contributed by atoms with E-state index in [4.69, 9.17) is 32.7 Å². The highest BCUT2D eigenvalue weighted by molar-refractivity contribution is 7.89. The van der Waals surface area contributed by atoms with Crippen LogP contribution in [0.2, 0.25) is 10.0 Å². The van der Waals surface area contributed by atoms with Gasteiger partial charge in [-0.2, -0.15) is 4.31 Å². The van der Waals surface area contributed by atoms with Crippen molar-refractivity contribution in [2.45, 2.75) is 18.4 Å². The van der Waals surface area contributed by atoms with Crippen LogP contribution >= 0.6 is 23.2 Å². The minimum absolute atomic E-state index is 0.0867. The Labute approximate surface area is 158 Å². The van der Waals surface area contributed by atoms with Crippen molar-refractivity contribution in [3.8, 4) is 11.5 Å². The van der Waals surface area contributed by atoms with Crippen molar-refractivity contribution < 1.29 is 17.9 Å². The third-order valence-corrected chi connectivity index (χ3v) is 6.28. The van der Waals surface area contributed by atoms with Crippen LogP contribution in [0.5, 0.6) is 11.5 Å². The SMILES string of the molecule is CCOc1ccc(CN(C)S(=O)(=O)c2c(Cl)cccc2Cl)cc1OC. The van der Waals surface area contributed by atoms with Gasteiger partial charge in [-0.15, -0.1) is 0 Å².